The van der Waals surface area contributed by atoms with Gasteiger partial charge in [0.05, 0.1) is 0 Å². The van der Waals surface area contributed by atoms with E-state index in [4.69, 9.17) is 0 Å². The Morgan fingerprint density at radius 1 is 0.889 bits per heavy atom. The topological polar surface area (TPSA) is 6.48 Å². The molecule has 1 aromatic carbocycles. The first-order chi connectivity index (χ1) is 8.92. The first-order valence-corrected chi connectivity index (χ1v) is 7.44. The second-order valence-corrected chi connectivity index (χ2v) is 5.77. The summed E-state index contributed by atoms with van der Waals surface area (Å²) in [5, 5.41) is 0. The van der Waals surface area contributed by atoms with Gasteiger partial charge in [0, 0.05) is 38.4 Å². The van der Waals surface area contributed by atoms with E-state index in [1.165, 1.54) is 64.1 Å². The summed E-state index contributed by atoms with van der Waals surface area (Å²) in [6.45, 7) is 6.22. The molecule has 0 amide bonds. The number of nitrogens with zero attached hydrogens (tertiary/aromatic N) is 2. The smallest absolute Gasteiger partial charge is 0.0367 e. The van der Waals surface area contributed by atoms with Gasteiger partial charge in [-0.15, -0.1) is 0 Å². The molecule has 0 aromatic heterocycles. The molecular weight excluding hydrogens is 220 g/mol. The van der Waals surface area contributed by atoms with Crippen LogP contribution in [0.2, 0.25) is 0 Å². The Kier molecular flexibility index (Phi) is 3.84. The Morgan fingerprint density at radius 2 is 1.56 bits per heavy atom. The highest BCUT2D eigenvalue weighted by molar-refractivity contribution is 5.46. The molecule has 1 saturated heterocycles. The van der Waals surface area contributed by atoms with Crippen LogP contribution in [0, 0.1) is 5.92 Å². The zero-order chi connectivity index (χ0) is 12.2. The number of piperazine rings is 1. The van der Waals surface area contributed by atoms with Gasteiger partial charge in [0.2, 0.25) is 0 Å². The van der Waals surface area contributed by atoms with Crippen LogP contribution in [-0.2, 0) is 0 Å². The summed E-state index contributed by atoms with van der Waals surface area (Å²) in [4.78, 5) is 5.20. The highest BCUT2D eigenvalue weighted by Crippen LogP contribution is 2.26. The Morgan fingerprint density at radius 3 is 2.22 bits per heavy atom. The molecule has 2 aliphatic rings. The van der Waals surface area contributed by atoms with Crippen LogP contribution in [0.3, 0.4) is 0 Å². The van der Waals surface area contributed by atoms with Crippen molar-refractivity contribution >= 4 is 5.69 Å². The van der Waals surface area contributed by atoms with Gasteiger partial charge in [-0.05, 0) is 30.9 Å². The third kappa shape index (κ3) is 2.86. The first-order valence-electron chi connectivity index (χ1n) is 7.44. The second-order valence-electron chi connectivity index (χ2n) is 5.77. The van der Waals surface area contributed by atoms with Crippen LogP contribution in [-0.4, -0.2) is 37.6 Å². The molecule has 1 saturated carbocycles. The number of rotatable bonds is 3. The lowest BCUT2D eigenvalue weighted by molar-refractivity contribution is 0.220. The summed E-state index contributed by atoms with van der Waals surface area (Å²) < 4.78 is 0. The normalized spacial score (nSPS) is 22.6. The zero-order valence-electron chi connectivity index (χ0n) is 11.2. The molecular formula is C16H24N2. The van der Waals surface area contributed by atoms with E-state index in [1.54, 1.807) is 0 Å². The summed E-state index contributed by atoms with van der Waals surface area (Å²) >= 11 is 0. The van der Waals surface area contributed by atoms with Gasteiger partial charge in [-0.25, -0.2) is 0 Å². The third-order valence-corrected chi connectivity index (χ3v) is 4.48. The van der Waals surface area contributed by atoms with Gasteiger partial charge in [0.25, 0.3) is 0 Å². The lowest BCUT2D eigenvalue weighted by atomic mass is 10.1. The van der Waals surface area contributed by atoms with Crippen molar-refractivity contribution in [2.45, 2.75) is 25.7 Å². The first kappa shape index (κ1) is 12.0. The molecule has 0 atom stereocenters. The minimum absolute atomic E-state index is 0.994. The monoisotopic (exact) mass is 244 g/mol. The largest absolute Gasteiger partial charge is 0.369 e. The molecule has 0 spiro atoms. The molecule has 0 radical (unpaired) electrons. The fourth-order valence-electron chi connectivity index (χ4n) is 3.39. The van der Waals surface area contributed by atoms with Gasteiger partial charge < -0.3 is 4.90 Å². The lowest BCUT2D eigenvalue weighted by Crippen LogP contribution is -2.47. The van der Waals surface area contributed by atoms with Crippen molar-refractivity contribution in [1.29, 1.82) is 0 Å². The maximum Gasteiger partial charge on any atom is 0.0367 e. The van der Waals surface area contributed by atoms with E-state index in [0.717, 1.165) is 5.92 Å². The Labute approximate surface area is 111 Å². The quantitative estimate of drug-likeness (QED) is 0.806. The van der Waals surface area contributed by atoms with Crippen molar-refractivity contribution in [2.75, 3.05) is 37.6 Å². The minimum atomic E-state index is 0.994. The van der Waals surface area contributed by atoms with Crippen molar-refractivity contribution < 1.29 is 0 Å². The number of benzene rings is 1. The Balaban J connectivity index is 1.49. The highest BCUT2D eigenvalue weighted by Gasteiger charge is 2.22. The van der Waals surface area contributed by atoms with Crippen LogP contribution in [0.4, 0.5) is 5.69 Å². The van der Waals surface area contributed by atoms with Gasteiger partial charge in [-0.1, -0.05) is 31.0 Å². The standard InChI is InChI=1S/C16H24N2/c1-2-8-16(9-3-1)18-12-10-17(11-13-18)14-15-6-4-5-7-15/h1-3,8-9,15H,4-7,10-14H2. The number of para-hydroxylation sites is 1. The molecule has 1 aromatic rings. The number of anilines is 1. The maximum atomic E-state index is 2.68. The highest BCUT2D eigenvalue weighted by atomic mass is 15.3. The van der Waals surface area contributed by atoms with Crippen molar-refractivity contribution in [2.24, 2.45) is 5.92 Å². The Hall–Kier alpha value is -1.02. The van der Waals surface area contributed by atoms with E-state index in [-0.39, 0.29) is 0 Å². The van der Waals surface area contributed by atoms with E-state index in [0.29, 0.717) is 0 Å². The van der Waals surface area contributed by atoms with Crippen LogP contribution in [0.15, 0.2) is 30.3 Å². The molecule has 2 fully saturated rings. The van der Waals surface area contributed by atoms with Crippen molar-refractivity contribution in [3.05, 3.63) is 30.3 Å². The maximum absolute atomic E-state index is 2.68. The summed E-state index contributed by atoms with van der Waals surface area (Å²) in [6, 6.07) is 10.8. The third-order valence-electron chi connectivity index (χ3n) is 4.48. The average Bonchev–Trinajstić information content (AvgIpc) is 2.94. The molecule has 0 N–H and O–H groups in total. The molecule has 1 heterocycles. The molecule has 0 bridgehead atoms. The van der Waals surface area contributed by atoms with Crippen LogP contribution in [0.5, 0.6) is 0 Å². The molecule has 1 aliphatic carbocycles. The molecule has 18 heavy (non-hydrogen) atoms. The van der Waals surface area contributed by atoms with Crippen LogP contribution < -0.4 is 4.90 Å². The number of hydrogen-bond donors (Lipinski definition) is 0. The van der Waals surface area contributed by atoms with Crippen molar-refractivity contribution in [3.8, 4) is 0 Å². The molecule has 0 unspecified atom stereocenters. The van der Waals surface area contributed by atoms with Crippen LogP contribution >= 0.6 is 0 Å². The molecule has 1 aliphatic heterocycles. The fraction of sp³-hybridized carbons (Fsp3) is 0.625. The number of hydrogen-bond acceptors (Lipinski definition) is 2. The van der Waals surface area contributed by atoms with E-state index >= 15 is 0 Å². The summed E-state index contributed by atoms with van der Waals surface area (Å²) in [6.07, 6.45) is 5.88. The van der Waals surface area contributed by atoms with Gasteiger partial charge in [0.15, 0.2) is 0 Å². The molecule has 2 heteroatoms. The lowest BCUT2D eigenvalue weighted by Gasteiger charge is -2.37. The minimum Gasteiger partial charge on any atom is -0.369 e. The fourth-order valence-corrected chi connectivity index (χ4v) is 3.39. The summed E-state index contributed by atoms with van der Waals surface area (Å²) in [7, 11) is 0. The SMILES string of the molecule is c1ccc(N2CCN(CC3CCCC3)CC2)cc1. The van der Waals surface area contributed by atoms with Gasteiger partial charge in [-0.2, -0.15) is 0 Å². The summed E-state index contributed by atoms with van der Waals surface area (Å²) in [5.74, 6) is 0.994. The average molecular weight is 244 g/mol. The predicted molar refractivity (Wildman–Crippen MR) is 77.1 cm³/mol. The van der Waals surface area contributed by atoms with Gasteiger partial charge in [-0.3, -0.25) is 4.90 Å². The summed E-state index contributed by atoms with van der Waals surface area (Å²) in [5.41, 5.74) is 1.39. The molecule has 98 valence electrons. The van der Waals surface area contributed by atoms with Crippen molar-refractivity contribution in [1.82, 2.24) is 4.90 Å². The van der Waals surface area contributed by atoms with Crippen LogP contribution in [0.25, 0.3) is 0 Å². The molecule has 3 rings (SSSR count). The van der Waals surface area contributed by atoms with E-state index < -0.39 is 0 Å². The van der Waals surface area contributed by atoms with Gasteiger partial charge >= 0.3 is 0 Å². The second kappa shape index (κ2) is 5.75. The van der Waals surface area contributed by atoms with Gasteiger partial charge in [0.1, 0.15) is 0 Å². The van der Waals surface area contributed by atoms with E-state index in [9.17, 15) is 0 Å². The Bertz CT molecular complexity index is 349. The predicted octanol–water partition coefficient (Wildman–Crippen LogP) is 3.00. The zero-order valence-corrected chi connectivity index (χ0v) is 11.2. The van der Waals surface area contributed by atoms with E-state index in [2.05, 4.69) is 40.1 Å². The van der Waals surface area contributed by atoms with Crippen LogP contribution in [0.1, 0.15) is 25.7 Å². The van der Waals surface area contributed by atoms with Crippen molar-refractivity contribution in [3.63, 3.8) is 0 Å². The van der Waals surface area contributed by atoms with E-state index in [1.807, 2.05) is 0 Å². The molecule has 2 nitrogen and oxygen atoms in total.